The number of nitrogens with zero attached hydrogens (tertiary/aromatic N) is 2. The van der Waals surface area contributed by atoms with Gasteiger partial charge in [0.25, 0.3) is 0 Å². The van der Waals surface area contributed by atoms with Crippen LogP contribution in [0.15, 0.2) is 6.20 Å². The number of aromatic nitrogens is 2. The fourth-order valence-corrected chi connectivity index (χ4v) is 2.43. The third-order valence-electron chi connectivity index (χ3n) is 3.21. The third-order valence-corrected chi connectivity index (χ3v) is 3.21. The first-order valence-corrected chi connectivity index (χ1v) is 5.45. The van der Waals surface area contributed by atoms with Gasteiger partial charge in [-0.15, -0.1) is 0 Å². The lowest BCUT2D eigenvalue weighted by molar-refractivity contribution is 0.0682. The van der Waals surface area contributed by atoms with Crippen LogP contribution in [0.5, 0.6) is 0 Å². The molecule has 1 aromatic heterocycles. The molecule has 0 aromatic carbocycles. The molecule has 0 bridgehead atoms. The Morgan fingerprint density at radius 1 is 1.47 bits per heavy atom. The fourth-order valence-electron chi connectivity index (χ4n) is 2.43. The molecule has 0 saturated heterocycles. The number of aromatic carboxylic acids is 1. The van der Waals surface area contributed by atoms with E-state index in [0.29, 0.717) is 11.6 Å². The Hall–Kier alpha value is -1.32. The highest BCUT2D eigenvalue weighted by Crippen LogP contribution is 2.34. The summed E-state index contributed by atoms with van der Waals surface area (Å²) in [4.78, 5) is 11.1. The first kappa shape index (κ1) is 10.2. The monoisotopic (exact) mass is 208 g/mol. The minimum absolute atomic E-state index is 0.363. The maximum atomic E-state index is 11.1. The molecular formula is C11H16N2O2. The highest BCUT2D eigenvalue weighted by molar-refractivity contribution is 5.87. The number of carboxylic acid groups (broad SMARTS) is 1. The van der Waals surface area contributed by atoms with Crippen LogP contribution in [0.3, 0.4) is 0 Å². The zero-order valence-corrected chi connectivity index (χ0v) is 8.94. The standard InChI is InChI=1S/C11H16N2O2/c1-13-10(11(14)15)9(7-12-13)8-5-3-2-4-6-8/h7-8H,2-6H2,1H3,(H,14,15). The minimum atomic E-state index is -0.865. The number of carboxylic acids is 1. The van der Waals surface area contributed by atoms with Crippen molar-refractivity contribution >= 4 is 5.97 Å². The van der Waals surface area contributed by atoms with Gasteiger partial charge in [-0.25, -0.2) is 4.79 Å². The summed E-state index contributed by atoms with van der Waals surface area (Å²) < 4.78 is 1.46. The van der Waals surface area contributed by atoms with E-state index < -0.39 is 5.97 Å². The van der Waals surface area contributed by atoms with Crippen molar-refractivity contribution in [1.29, 1.82) is 0 Å². The average molecular weight is 208 g/mol. The van der Waals surface area contributed by atoms with Crippen molar-refractivity contribution in [1.82, 2.24) is 9.78 Å². The lowest BCUT2D eigenvalue weighted by atomic mass is 9.84. The molecule has 0 atom stereocenters. The van der Waals surface area contributed by atoms with E-state index in [-0.39, 0.29) is 0 Å². The summed E-state index contributed by atoms with van der Waals surface area (Å²) in [6.07, 6.45) is 7.62. The Bertz CT molecular complexity index is 365. The maximum absolute atomic E-state index is 11.1. The molecule has 0 radical (unpaired) electrons. The van der Waals surface area contributed by atoms with Gasteiger partial charge in [0, 0.05) is 12.6 Å². The molecule has 4 heteroatoms. The maximum Gasteiger partial charge on any atom is 0.354 e. The SMILES string of the molecule is Cn1ncc(C2CCCCC2)c1C(=O)O. The summed E-state index contributed by atoms with van der Waals surface area (Å²) in [6, 6.07) is 0. The van der Waals surface area contributed by atoms with Crippen LogP contribution >= 0.6 is 0 Å². The smallest absolute Gasteiger partial charge is 0.354 e. The third kappa shape index (κ3) is 1.89. The zero-order valence-electron chi connectivity index (χ0n) is 8.94. The second kappa shape index (κ2) is 4.04. The van der Waals surface area contributed by atoms with Crippen molar-refractivity contribution < 1.29 is 9.90 Å². The van der Waals surface area contributed by atoms with E-state index in [4.69, 9.17) is 5.11 Å². The molecule has 1 aromatic rings. The van der Waals surface area contributed by atoms with E-state index in [2.05, 4.69) is 5.10 Å². The Morgan fingerprint density at radius 2 is 2.13 bits per heavy atom. The van der Waals surface area contributed by atoms with E-state index in [1.807, 2.05) is 0 Å². The Kier molecular flexibility index (Phi) is 2.75. The van der Waals surface area contributed by atoms with Crippen LogP contribution in [0.2, 0.25) is 0 Å². The Morgan fingerprint density at radius 3 is 2.73 bits per heavy atom. The quantitative estimate of drug-likeness (QED) is 0.810. The van der Waals surface area contributed by atoms with E-state index in [1.54, 1.807) is 13.2 Å². The van der Waals surface area contributed by atoms with Gasteiger partial charge < -0.3 is 5.11 Å². The van der Waals surface area contributed by atoms with Gasteiger partial charge in [0.05, 0.1) is 6.20 Å². The Balaban J connectivity index is 2.30. The van der Waals surface area contributed by atoms with Crippen molar-refractivity contribution in [3.05, 3.63) is 17.5 Å². The molecule has 1 aliphatic carbocycles. The number of hydrogen-bond acceptors (Lipinski definition) is 2. The molecule has 1 saturated carbocycles. The van der Waals surface area contributed by atoms with Crippen LogP contribution in [-0.4, -0.2) is 20.9 Å². The molecular weight excluding hydrogens is 192 g/mol. The summed E-state index contributed by atoms with van der Waals surface area (Å²) in [5.74, 6) is -0.464. The number of rotatable bonds is 2. The summed E-state index contributed by atoms with van der Waals surface area (Å²) in [5.41, 5.74) is 1.28. The second-order valence-electron chi connectivity index (χ2n) is 4.21. The van der Waals surface area contributed by atoms with E-state index in [9.17, 15) is 4.79 Å². The van der Waals surface area contributed by atoms with Crippen molar-refractivity contribution in [3.63, 3.8) is 0 Å². The molecule has 4 nitrogen and oxygen atoms in total. The molecule has 1 heterocycles. The van der Waals surface area contributed by atoms with Crippen molar-refractivity contribution in [2.75, 3.05) is 0 Å². The lowest BCUT2D eigenvalue weighted by Crippen LogP contribution is -2.12. The Labute approximate surface area is 88.9 Å². The average Bonchev–Trinajstić information content (AvgIpc) is 2.61. The predicted molar refractivity (Wildman–Crippen MR) is 56.0 cm³/mol. The van der Waals surface area contributed by atoms with Crippen molar-refractivity contribution in [2.24, 2.45) is 7.05 Å². The molecule has 0 spiro atoms. The molecule has 1 fully saturated rings. The van der Waals surface area contributed by atoms with E-state index in [0.717, 1.165) is 18.4 Å². The molecule has 1 aliphatic rings. The van der Waals surface area contributed by atoms with Crippen LogP contribution in [-0.2, 0) is 7.05 Å². The lowest BCUT2D eigenvalue weighted by Gasteiger charge is -2.20. The molecule has 0 amide bonds. The van der Waals surface area contributed by atoms with Gasteiger partial charge in [0.2, 0.25) is 0 Å². The highest BCUT2D eigenvalue weighted by atomic mass is 16.4. The predicted octanol–water partition coefficient (Wildman–Crippen LogP) is 2.17. The number of hydrogen-bond donors (Lipinski definition) is 1. The summed E-state index contributed by atoms with van der Waals surface area (Å²) in [5, 5.41) is 13.2. The first-order chi connectivity index (χ1) is 7.20. The largest absolute Gasteiger partial charge is 0.477 e. The molecule has 82 valence electrons. The van der Waals surface area contributed by atoms with Gasteiger partial charge in [-0.1, -0.05) is 19.3 Å². The van der Waals surface area contributed by atoms with Crippen molar-refractivity contribution in [2.45, 2.75) is 38.0 Å². The van der Waals surface area contributed by atoms with Crippen LogP contribution < -0.4 is 0 Å². The van der Waals surface area contributed by atoms with E-state index >= 15 is 0 Å². The number of aryl methyl sites for hydroxylation is 1. The zero-order chi connectivity index (χ0) is 10.8. The van der Waals surface area contributed by atoms with Gasteiger partial charge in [-0.3, -0.25) is 4.68 Å². The molecule has 1 N–H and O–H groups in total. The van der Waals surface area contributed by atoms with Crippen LogP contribution in [0.1, 0.15) is 54.1 Å². The first-order valence-electron chi connectivity index (χ1n) is 5.45. The van der Waals surface area contributed by atoms with Gasteiger partial charge in [-0.05, 0) is 18.8 Å². The van der Waals surface area contributed by atoms with Gasteiger partial charge in [-0.2, -0.15) is 5.10 Å². The van der Waals surface area contributed by atoms with Gasteiger partial charge in [0.1, 0.15) is 5.69 Å². The van der Waals surface area contributed by atoms with Crippen molar-refractivity contribution in [3.8, 4) is 0 Å². The van der Waals surface area contributed by atoms with Crippen LogP contribution in [0.25, 0.3) is 0 Å². The normalized spacial score (nSPS) is 17.9. The van der Waals surface area contributed by atoms with Crippen LogP contribution in [0.4, 0.5) is 0 Å². The number of carbonyl (C=O) groups is 1. The van der Waals surface area contributed by atoms with Crippen LogP contribution in [0, 0.1) is 0 Å². The summed E-state index contributed by atoms with van der Waals surface area (Å²) in [6.45, 7) is 0. The van der Waals surface area contributed by atoms with Gasteiger partial charge in [0.15, 0.2) is 0 Å². The molecule has 0 unspecified atom stereocenters. The van der Waals surface area contributed by atoms with E-state index in [1.165, 1.54) is 23.9 Å². The summed E-state index contributed by atoms with van der Waals surface area (Å²) >= 11 is 0. The molecule has 15 heavy (non-hydrogen) atoms. The topological polar surface area (TPSA) is 55.1 Å². The fraction of sp³-hybridized carbons (Fsp3) is 0.636. The molecule has 0 aliphatic heterocycles. The second-order valence-corrected chi connectivity index (χ2v) is 4.21. The summed E-state index contributed by atoms with van der Waals surface area (Å²) in [7, 11) is 1.69. The minimum Gasteiger partial charge on any atom is -0.477 e. The van der Waals surface area contributed by atoms with Gasteiger partial charge >= 0.3 is 5.97 Å². The molecule has 2 rings (SSSR count). The highest BCUT2D eigenvalue weighted by Gasteiger charge is 2.24.